The first-order chi connectivity index (χ1) is 28.7. The van der Waals surface area contributed by atoms with Gasteiger partial charge in [0.15, 0.2) is 23.7 Å². The summed E-state index contributed by atoms with van der Waals surface area (Å²) >= 11 is 0. The Hall–Kier alpha value is -7.19. The molecule has 5 aromatic carbocycles. The lowest BCUT2D eigenvalue weighted by Crippen LogP contribution is -2.63. The van der Waals surface area contributed by atoms with Crippen LogP contribution in [0.3, 0.4) is 0 Å². The fourth-order valence-electron chi connectivity index (χ4n) is 6.11. The van der Waals surface area contributed by atoms with Gasteiger partial charge in [0.1, 0.15) is 12.7 Å². The zero-order valence-electron chi connectivity index (χ0n) is 32.1. The number of alkyl carbamates (subject to hydrolysis) is 1. The van der Waals surface area contributed by atoms with Gasteiger partial charge >= 0.3 is 30.0 Å². The molecular formula is C45H41NO13. The number of benzene rings is 5. The minimum absolute atomic E-state index is 0.0807. The van der Waals surface area contributed by atoms with Crippen molar-refractivity contribution in [3.8, 4) is 11.5 Å². The Morgan fingerprint density at radius 1 is 0.525 bits per heavy atom. The molecule has 0 aromatic heterocycles. The van der Waals surface area contributed by atoms with Gasteiger partial charge in [0.25, 0.3) is 0 Å². The number of esters is 4. The monoisotopic (exact) mass is 803 g/mol. The quantitative estimate of drug-likeness (QED) is 0.0934. The maximum atomic E-state index is 13.8. The molecule has 0 saturated carbocycles. The summed E-state index contributed by atoms with van der Waals surface area (Å²) in [5, 5.41) is 2.65. The summed E-state index contributed by atoms with van der Waals surface area (Å²) < 4.78 is 46.3. The van der Waals surface area contributed by atoms with Crippen molar-refractivity contribution >= 4 is 30.0 Å². The number of ether oxygens (including phenoxy) is 8. The molecule has 1 saturated heterocycles. The topological polar surface area (TPSA) is 171 Å². The fourth-order valence-corrected chi connectivity index (χ4v) is 6.11. The maximum absolute atomic E-state index is 13.8. The third kappa shape index (κ3) is 11.0. The highest BCUT2D eigenvalue weighted by atomic mass is 16.8. The highest BCUT2D eigenvalue weighted by Crippen LogP contribution is 2.32. The first-order valence-corrected chi connectivity index (χ1v) is 18.5. The Kier molecular flexibility index (Phi) is 14.3. The van der Waals surface area contributed by atoms with Crippen molar-refractivity contribution < 1.29 is 61.9 Å². The summed E-state index contributed by atoms with van der Waals surface area (Å²) in [7, 11) is 3.03. The Labute approximate surface area is 339 Å². The lowest BCUT2D eigenvalue weighted by atomic mass is 9.97. The van der Waals surface area contributed by atoms with Gasteiger partial charge in [-0.15, -0.1) is 0 Å². The Balaban J connectivity index is 1.34. The van der Waals surface area contributed by atoms with E-state index >= 15 is 0 Å². The van der Waals surface area contributed by atoms with Crippen LogP contribution in [0, 0.1) is 0 Å². The van der Waals surface area contributed by atoms with E-state index in [0.29, 0.717) is 17.9 Å². The number of hydrogen-bond acceptors (Lipinski definition) is 13. The van der Waals surface area contributed by atoms with Gasteiger partial charge in [-0.3, -0.25) is 0 Å². The highest BCUT2D eigenvalue weighted by Gasteiger charge is 2.54. The van der Waals surface area contributed by atoms with Crippen molar-refractivity contribution in [1.29, 1.82) is 0 Å². The van der Waals surface area contributed by atoms with Crippen LogP contribution >= 0.6 is 0 Å². The predicted octanol–water partition coefficient (Wildman–Crippen LogP) is 6.23. The molecule has 14 nitrogen and oxygen atoms in total. The summed E-state index contributed by atoms with van der Waals surface area (Å²) in [4.78, 5) is 67.9. The molecular weight excluding hydrogens is 762 g/mol. The zero-order chi connectivity index (χ0) is 41.6. The van der Waals surface area contributed by atoms with Crippen LogP contribution < -0.4 is 14.8 Å². The second-order valence-electron chi connectivity index (χ2n) is 13.0. The van der Waals surface area contributed by atoms with Crippen LogP contribution in [0.4, 0.5) is 4.79 Å². The summed E-state index contributed by atoms with van der Waals surface area (Å²) in [5.74, 6) is -2.36. The molecule has 0 bridgehead atoms. The Morgan fingerprint density at radius 2 is 0.983 bits per heavy atom. The molecule has 14 heteroatoms. The van der Waals surface area contributed by atoms with Crippen molar-refractivity contribution in [2.75, 3.05) is 27.4 Å². The highest BCUT2D eigenvalue weighted by molar-refractivity contribution is 5.91. The molecule has 0 radical (unpaired) electrons. The summed E-state index contributed by atoms with van der Waals surface area (Å²) in [6.45, 7) is -0.503. The number of amides is 1. The first-order valence-electron chi connectivity index (χ1n) is 18.5. The van der Waals surface area contributed by atoms with Crippen LogP contribution in [0.2, 0.25) is 0 Å². The van der Waals surface area contributed by atoms with E-state index < -0.39 is 67.3 Å². The number of methoxy groups -OCH3 is 2. The van der Waals surface area contributed by atoms with Crippen LogP contribution in [0.1, 0.15) is 47.0 Å². The van der Waals surface area contributed by atoms with Crippen LogP contribution in [0.5, 0.6) is 11.5 Å². The second-order valence-corrected chi connectivity index (χ2v) is 13.0. The van der Waals surface area contributed by atoms with Crippen LogP contribution in [0.15, 0.2) is 140 Å². The molecule has 6 rings (SSSR count). The van der Waals surface area contributed by atoms with Gasteiger partial charge in [-0.1, -0.05) is 78.9 Å². The number of hydrogen-bond donors (Lipinski definition) is 1. The molecule has 0 aliphatic carbocycles. The zero-order valence-corrected chi connectivity index (χ0v) is 32.1. The van der Waals surface area contributed by atoms with Crippen LogP contribution in [0.25, 0.3) is 0 Å². The molecule has 1 aliphatic rings. The molecule has 1 fully saturated rings. The standard InChI is InChI=1S/C45H41NO13/c1-52-34-24-23-29(27-35(34)53-2)25-26-46-45(51)59-44-39(58-43(50)33-21-13-6-14-22-33)38(57-42(49)32-19-11-5-12-20-32)37(56-41(48)31-17-9-4-10-18-31)36(55-44)28-54-40(47)30-15-7-3-8-16-30/h3-24,27,36-39,44H,25-26,28H2,1-2H3,(H,46,51)/t36-,37-,38+,39-,44+/m1/s1. The Morgan fingerprint density at radius 3 is 1.47 bits per heavy atom. The Bertz CT molecular complexity index is 2190. The predicted molar refractivity (Wildman–Crippen MR) is 210 cm³/mol. The third-order valence-electron chi connectivity index (χ3n) is 9.09. The van der Waals surface area contributed by atoms with Crippen LogP contribution in [-0.4, -0.2) is 88.0 Å². The number of nitrogens with one attached hydrogen (secondary N) is 1. The first kappa shape index (κ1) is 41.4. The van der Waals surface area contributed by atoms with Gasteiger partial charge in [-0.2, -0.15) is 0 Å². The van der Waals surface area contributed by atoms with Gasteiger partial charge in [-0.05, 0) is 72.6 Å². The van der Waals surface area contributed by atoms with Gasteiger partial charge in [0.2, 0.25) is 12.4 Å². The van der Waals surface area contributed by atoms with Crippen molar-refractivity contribution in [2.45, 2.75) is 37.1 Å². The average Bonchev–Trinajstić information content (AvgIpc) is 3.28. The smallest absolute Gasteiger partial charge is 0.409 e. The van der Waals surface area contributed by atoms with E-state index in [2.05, 4.69) is 5.32 Å². The molecule has 0 unspecified atom stereocenters. The van der Waals surface area contributed by atoms with Crippen molar-refractivity contribution in [3.63, 3.8) is 0 Å². The minimum atomic E-state index is -1.80. The second kappa shape index (κ2) is 20.3. The van der Waals surface area contributed by atoms with E-state index in [1.54, 1.807) is 97.1 Å². The summed E-state index contributed by atoms with van der Waals surface area (Å²) in [6, 6.07) is 37.2. The van der Waals surface area contributed by atoms with E-state index in [0.717, 1.165) is 5.56 Å². The van der Waals surface area contributed by atoms with Crippen LogP contribution in [-0.2, 0) is 34.8 Å². The molecule has 59 heavy (non-hydrogen) atoms. The molecule has 1 aliphatic heterocycles. The van der Waals surface area contributed by atoms with Crippen molar-refractivity contribution in [1.82, 2.24) is 5.32 Å². The third-order valence-corrected chi connectivity index (χ3v) is 9.09. The van der Waals surface area contributed by atoms with Gasteiger partial charge in [0, 0.05) is 6.54 Å². The molecule has 1 N–H and O–H groups in total. The average molecular weight is 804 g/mol. The molecule has 1 amide bonds. The molecule has 1 heterocycles. The minimum Gasteiger partial charge on any atom is -0.493 e. The normalized spacial score (nSPS) is 18.3. The van der Waals surface area contributed by atoms with E-state index in [-0.39, 0.29) is 28.8 Å². The fraction of sp³-hybridized carbons (Fsp3) is 0.222. The lowest BCUT2D eigenvalue weighted by molar-refractivity contribution is -0.282. The molecule has 5 aromatic rings. The summed E-state index contributed by atoms with van der Waals surface area (Å²) in [5.41, 5.74) is 1.37. The van der Waals surface area contributed by atoms with Crippen molar-refractivity contribution in [3.05, 3.63) is 167 Å². The number of carbonyl (C=O) groups is 5. The van der Waals surface area contributed by atoms with Gasteiger partial charge in [0.05, 0.1) is 36.5 Å². The lowest BCUT2D eigenvalue weighted by Gasteiger charge is -2.43. The van der Waals surface area contributed by atoms with E-state index in [1.165, 1.54) is 50.6 Å². The number of rotatable bonds is 15. The molecule has 304 valence electrons. The SMILES string of the molecule is COc1ccc(CCNC(=O)O[C@@H]2O[C@H](COC(=O)c3ccccc3)[C@@H](OC(=O)c3ccccc3)[C@H](OC(=O)c3ccccc3)[C@H]2OC(=O)c2ccccc2)cc1OC. The van der Waals surface area contributed by atoms with E-state index in [9.17, 15) is 24.0 Å². The van der Waals surface area contributed by atoms with Gasteiger partial charge < -0.3 is 43.2 Å². The number of carbonyl (C=O) groups excluding carboxylic acids is 5. The maximum Gasteiger partial charge on any atom is 0.409 e. The molecule has 5 atom stereocenters. The van der Waals surface area contributed by atoms with E-state index in [1.807, 2.05) is 6.07 Å². The van der Waals surface area contributed by atoms with Crippen molar-refractivity contribution in [2.24, 2.45) is 0 Å². The molecule has 0 spiro atoms. The van der Waals surface area contributed by atoms with E-state index in [4.69, 9.17) is 37.9 Å². The van der Waals surface area contributed by atoms with Gasteiger partial charge in [-0.25, -0.2) is 24.0 Å². The largest absolute Gasteiger partial charge is 0.493 e. The summed E-state index contributed by atoms with van der Waals surface area (Å²) in [6.07, 6.45) is -8.92.